The molecular formula is C11H13NO5. The zero-order valence-electron chi connectivity index (χ0n) is 9.69. The molecule has 0 aliphatic carbocycles. The summed E-state index contributed by atoms with van der Waals surface area (Å²) in [6.45, 7) is 3.44. The molecular weight excluding hydrogens is 226 g/mol. The second-order valence-electron chi connectivity index (χ2n) is 4.82. The van der Waals surface area contributed by atoms with Gasteiger partial charge < -0.3 is 4.74 Å². The standard InChI is InChI=1S/C11H13NO5/c1-6(2)12-7(13)3-11(10(12)16)4-8(14)17-9(15)5-11/h6H,3-5H2,1-2H3. The van der Waals surface area contributed by atoms with Crippen molar-refractivity contribution >= 4 is 23.8 Å². The summed E-state index contributed by atoms with van der Waals surface area (Å²) in [4.78, 5) is 47.5. The van der Waals surface area contributed by atoms with Gasteiger partial charge in [0.05, 0.1) is 18.3 Å². The molecule has 17 heavy (non-hydrogen) atoms. The van der Waals surface area contributed by atoms with Gasteiger partial charge in [-0.2, -0.15) is 0 Å². The summed E-state index contributed by atoms with van der Waals surface area (Å²) in [7, 11) is 0. The molecule has 92 valence electrons. The molecule has 2 fully saturated rings. The topological polar surface area (TPSA) is 80.8 Å². The van der Waals surface area contributed by atoms with Crippen LogP contribution in [0.1, 0.15) is 33.1 Å². The molecule has 6 heteroatoms. The minimum atomic E-state index is -1.19. The van der Waals surface area contributed by atoms with E-state index in [-0.39, 0.29) is 31.2 Å². The fraction of sp³-hybridized carbons (Fsp3) is 0.636. The van der Waals surface area contributed by atoms with Crippen molar-refractivity contribution in [3.05, 3.63) is 0 Å². The van der Waals surface area contributed by atoms with E-state index in [9.17, 15) is 19.2 Å². The number of carbonyl (C=O) groups is 4. The molecule has 0 aromatic heterocycles. The molecule has 0 bridgehead atoms. The van der Waals surface area contributed by atoms with E-state index < -0.39 is 23.3 Å². The second kappa shape index (κ2) is 3.65. The molecule has 2 heterocycles. The number of likely N-dealkylation sites (tertiary alicyclic amines) is 1. The first-order chi connectivity index (χ1) is 7.85. The molecule has 1 spiro atoms. The average Bonchev–Trinajstić information content (AvgIpc) is 2.35. The highest BCUT2D eigenvalue weighted by Gasteiger charge is 2.56. The lowest BCUT2D eigenvalue weighted by Gasteiger charge is -2.29. The summed E-state index contributed by atoms with van der Waals surface area (Å²) in [5.41, 5.74) is -1.19. The zero-order valence-corrected chi connectivity index (χ0v) is 9.69. The van der Waals surface area contributed by atoms with Gasteiger partial charge in [0.25, 0.3) is 0 Å². The molecule has 2 amide bonds. The van der Waals surface area contributed by atoms with Crippen molar-refractivity contribution in [2.24, 2.45) is 5.41 Å². The van der Waals surface area contributed by atoms with Crippen molar-refractivity contribution in [1.29, 1.82) is 0 Å². The minimum absolute atomic E-state index is 0.0785. The van der Waals surface area contributed by atoms with Gasteiger partial charge in [0, 0.05) is 12.5 Å². The predicted molar refractivity (Wildman–Crippen MR) is 54.4 cm³/mol. The van der Waals surface area contributed by atoms with Gasteiger partial charge >= 0.3 is 11.9 Å². The lowest BCUT2D eigenvalue weighted by molar-refractivity contribution is -0.172. The van der Waals surface area contributed by atoms with Crippen molar-refractivity contribution in [2.45, 2.75) is 39.2 Å². The third-order valence-corrected chi connectivity index (χ3v) is 3.14. The smallest absolute Gasteiger partial charge is 0.314 e. The third kappa shape index (κ3) is 1.73. The maximum Gasteiger partial charge on any atom is 0.314 e. The number of rotatable bonds is 1. The predicted octanol–water partition coefficient (Wildman–Crippen LogP) is 0.00370. The quantitative estimate of drug-likeness (QED) is 0.365. The molecule has 2 rings (SSSR count). The highest BCUT2D eigenvalue weighted by atomic mass is 16.6. The van der Waals surface area contributed by atoms with E-state index in [1.165, 1.54) is 0 Å². The van der Waals surface area contributed by atoms with Gasteiger partial charge in [-0.05, 0) is 13.8 Å². The molecule has 0 N–H and O–H groups in total. The molecule has 6 nitrogen and oxygen atoms in total. The van der Waals surface area contributed by atoms with Crippen molar-refractivity contribution in [3.63, 3.8) is 0 Å². The lowest BCUT2D eigenvalue weighted by Crippen LogP contribution is -2.44. The van der Waals surface area contributed by atoms with E-state index >= 15 is 0 Å². The van der Waals surface area contributed by atoms with Gasteiger partial charge in [-0.1, -0.05) is 0 Å². The Balaban J connectivity index is 2.34. The second-order valence-corrected chi connectivity index (χ2v) is 4.82. The first-order valence-corrected chi connectivity index (χ1v) is 5.46. The largest absolute Gasteiger partial charge is 0.393 e. The maximum atomic E-state index is 12.2. The summed E-state index contributed by atoms with van der Waals surface area (Å²) in [5.74, 6) is -2.21. The Bertz CT molecular complexity index is 410. The molecule has 2 aliphatic rings. The SMILES string of the molecule is CC(C)N1C(=O)CC2(CC(=O)OC(=O)C2)C1=O. The Morgan fingerprint density at radius 1 is 1.06 bits per heavy atom. The van der Waals surface area contributed by atoms with Crippen LogP contribution >= 0.6 is 0 Å². The van der Waals surface area contributed by atoms with Gasteiger partial charge in [-0.25, -0.2) is 0 Å². The molecule has 0 radical (unpaired) electrons. The highest BCUT2D eigenvalue weighted by molar-refractivity contribution is 6.10. The van der Waals surface area contributed by atoms with E-state index in [1.54, 1.807) is 13.8 Å². The third-order valence-electron chi connectivity index (χ3n) is 3.14. The van der Waals surface area contributed by atoms with Crippen molar-refractivity contribution in [2.75, 3.05) is 0 Å². The Hall–Kier alpha value is -1.72. The zero-order chi connectivity index (χ0) is 12.8. The number of ether oxygens (including phenoxy) is 1. The fourth-order valence-electron chi connectivity index (χ4n) is 2.43. The summed E-state index contributed by atoms with van der Waals surface area (Å²) in [6, 6.07) is -0.262. The van der Waals surface area contributed by atoms with Crippen LogP contribution in [0.2, 0.25) is 0 Å². The first-order valence-electron chi connectivity index (χ1n) is 5.46. The van der Waals surface area contributed by atoms with Crippen LogP contribution in [0.4, 0.5) is 0 Å². The van der Waals surface area contributed by atoms with E-state index in [2.05, 4.69) is 4.74 Å². The van der Waals surface area contributed by atoms with Crippen LogP contribution in [0.3, 0.4) is 0 Å². The van der Waals surface area contributed by atoms with Crippen LogP contribution < -0.4 is 0 Å². The van der Waals surface area contributed by atoms with Gasteiger partial charge in [-0.3, -0.25) is 24.1 Å². The van der Waals surface area contributed by atoms with Gasteiger partial charge in [0.15, 0.2) is 0 Å². The molecule has 2 saturated heterocycles. The summed E-state index contributed by atoms with van der Waals surface area (Å²) >= 11 is 0. The fourth-order valence-corrected chi connectivity index (χ4v) is 2.43. The normalized spacial score (nSPS) is 23.8. The Labute approximate surface area is 97.9 Å². The number of imide groups is 1. The van der Waals surface area contributed by atoms with Crippen LogP contribution in [0.5, 0.6) is 0 Å². The Morgan fingerprint density at radius 3 is 2.00 bits per heavy atom. The van der Waals surface area contributed by atoms with Crippen molar-refractivity contribution < 1.29 is 23.9 Å². The molecule has 0 unspecified atom stereocenters. The van der Waals surface area contributed by atoms with Crippen LogP contribution in [0, 0.1) is 5.41 Å². The highest BCUT2D eigenvalue weighted by Crippen LogP contribution is 2.43. The molecule has 0 atom stereocenters. The lowest BCUT2D eigenvalue weighted by atomic mass is 9.78. The number of hydrogen-bond acceptors (Lipinski definition) is 5. The maximum absolute atomic E-state index is 12.2. The van der Waals surface area contributed by atoms with Crippen LogP contribution in [0.15, 0.2) is 0 Å². The number of esters is 2. The van der Waals surface area contributed by atoms with Crippen LogP contribution in [0.25, 0.3) is 0 Å². The van der Waals surface area contributed by atoms with Gasteiger partial charge in [0.1, 0.15) is 0 Å². The Morgan fingerprint density at radius 2 is 1.59 bits per heavy atom. The van der Waals surface area contributed by atoms with E-state index in [1.807, 2.05) is 0 Å². The summed E-state index contributed by atoms with van der Waals surface area (Å²) in [6.07, 6.45) is -0.454. The molecule has 0 aromatic rings. The molecule has 0 aromatic carbocycles. The number of nitrogens with zero attached hydrogens (tertiary/aromatic N) is 1. The number of hydrogen-bond donors (Lipinski definition) is 0. The molecule has 2 aliphatic heterocycles. The van der Waals surface area contributed by atoms with E-state index in [0.29, 0.717) is 0 Å². The number of amides is 2. The summed E-state index contributed by atoms with van der Waals surface area (Å²) in [5, 5.41) is 0. The van der Waals surface area contributed by atoms with E-state index in [4.69, 9.17) is 0 Å². The van der Waals surface area contributed by atoms with Crippen molar-refractivity contribution in [3.8, 4) is 0 Å². The minimum Gasteiger partial charge on any atom is -0.393 e. The monoisotopic (exact) mass is 239 g/mol. The van der Waals surface area contributed by atoms with Gasteiger partial charge in [0.2, 0.25) is 11.8 Å². The number of cyclic esters (lactones) is 2. The first kappa shape index (κ1) is 11.8. The van der Waals surface area contributed by atoms with Crippen molar-refractivity contribution in [1.82, 2.24) is 4.90 Å². The van der Waals surface area contributed by atoms with Crippen LogP contribution in [-0.4, -0.2) is 34.7 Å². The summed E-state index contributed by atoms with van der Waals surface area (Å²) < 4.78 is 4.39. The van der Waals surface area contributed by atoms with Gasteiger partial charge in [-0.15, -0.1) is 0 Å². The average molecular weight is 239 g/mol. The number of carbonyl (C=O) groups excluding carboxylic acids is 4. The van der Waals surface area contributed by atoms with E-state index in [0.717, 1.165) is 4.90 Å². The molecule has 0 saturated carbocycles. The van der Waals surface area contributed by atoms with Crippen LogP contribution in [-0.2, 0) is 23.9 Å². The Kier molecular flexibility index (Phi) is 2.52.